The predicted molar refractivity (Wildman–Crippen MR) is 84.1 cm³/mol. The number of sulfonamides is 1. The summed E-state index contributed by atoms with van der Waals surface area (Å²) in [6, 6.07) is 3.94. The van der Waals surface area contributed by atoms with Crippen LogP contribution in [0.5, 0.6) is 0 Å². The Morgan fingerprint density at radius 1 is 1.33 bits per heavy atom. The maximum absolute atomic E-state index is 12.1. The Labute approximate surface area is 133 Å². The van der Waals surface area contributed by atoms with E-state index in [4.69, 9.17) is 5.11 Å². The number of likely N-dealkylation sites (N-methyl/N-ethyl adjacent to an activating group) is 1. The van der Waals surface area contributed by atoms with E-state index in [0.717, 1.165) is 19.2 Å². The number of aromatic carboxylic acids is 1. The van der Waals surface area contributed by atoms with E-state index in [1.807, 2.05) is 13.8 Å². The third kappa shape index (κ3) is 5.06. The van der Waals surface area contributed by atoms with Gasteiger partial charge in [0.25, 0.3) is 0 Å². The van der Waals surface area contributed by atoms with Crippen LogP contribution in [-0.2, 0) is 10.0 Å². The number of carbonyl (C=O) groups is 1. The number of nitrogens with zero attached hydrogens (tertiary/aromatic N) is 1. The summed E-state index contributed by atoms with van der Waals surface area (Å²) in [5.74, 6) is -1.18. The third-order valence-corrected chi connectivity index (χ3v) is 5.24. The van der Waals surface area contributed by atoms with Crippen LogP contribution in [0.4, 0.5) is 0 Å². The van der Waals surface area contributed by atoms with Gasteiger partial charge < -0.3 is 10.0 Å². The van der Waals surface area contributed by atoms with E-state index < -0.39 is 16.0 Å². The molecule has 0 aromatic heterocycles. The normalized spacial score (nSPS) is 11.8. The Kier molecular flexibility index (Phi) is 6.79. The van der Waals surface area contributed by atoms with Crippen LogP contribution in [0, 0.1) is 0 Å². The van der Waals surface area contributed by atoms with Crippen molar-refractivity contribution in [2.45, 2.75) is 18.7 Å². The zero-order valence-electron chi connectivity index (χ0n) is 12.0. The second-order valence-electron chi connectivity index (χ2n) is 4.37. The van der Waals surface area contributed by atoms with Crippen LogP contribution in [0.2, 0.25) is 0 Å². The Balaban J connectivity index is 2.84. The fourth-order valence-electron chi connectivity index (χ4n) is 1.80. The van der Waals surface area contributed by atoms with Gasteiger partial charge in [-0.25, -0.2) is 17.9 Å². The van der Waals surface area contributed by atoms with Crippen LogP contribution >= 0.6 is 15.9 Å². The molecule has 8 heteroatoms. The molecule has 0 amide bonds. The van der Waals surface area contributed by atoms with Gasteiger partial charge in [0, 0.05) is 17.6 Å². The molecule has 1 rings (SSSR count). The molecule has 0 saturated heterocycles. The molecule has 21 heavy (non-hydrogen) atoms. The summed E-state index contributed by atoms with van der Waals surface area (Å²) in [5.41, 5.74) is -0.0818. The van der Waals surface area contributed by atoms with E-state index in [1.165, 1.54) is 12.1 Å². The summed E-state index contributed by atoms with van der Waals surface area (Å²) in [4.78, 5) is 13.1. The SMILES string of the molecule is CCN(CC)CCNS(=O)(=O)c1ccc(Br)c(C(=O)O)c1. The van der Waals surface area contributed by atoms with Crippen LogP contribution in [0.3, 0.4) is 0 Å². The smallest absolute Gasteiger partial charge is 0.336 e. The minimum atomic E-state index is -3.71. The molecule has 0 spiro atoms. The Morgan fingerprint density at radius 3 is 2.48 bits per heavy atom. The Bertz CT molecular complexity index is 600. The van der Waals surface area contributed by atoms with Crippen molar-refractivity contribution in [1.82, 2.24) is 9.62 Å². The lowest BCUT2D eigenvalue weighted by molar-refractivity contribution is 0.0695. The van der Waals surface area contributed by atoms with Gasteiger partial charge >= 0.3 is 5.97 Å². The van der Waals surface area contributed by atoms with Crippen molar-refractivity contribution < 1.29 is 18.3 Å². The molecule has 0 fully saturated rings. The molecule has 0 aliphatic carbocycles. The van der Waals surface area contributed by atoms with Gasteiger partial charge in [-0.05, 0) is 47.2 Å². The van der Waals surface area contributed by atoms with Gasteiger partial charge in [-0.1, -0.05) is 13.8 Å². The number of carboxylic acids is 1. The third-order valence-electron chi connectivity index (χ3n) is 3.09. The number of nitrogens with one attached hydrogen (secondary N) is 1. The first kappa shape index (κ1) is 18.1. The number of hydrogen-bond donors (Lipinski definition) is 2. The lowest BCUT2D eigenvalue weighted by Crippen LogP contribution is -2.34. The van der Waals surface area contributed by atoms with Gasteiger partial charge in [0.05, 0.1) is 10.5 Å². The highest BCUT2D eigenvalue weighted by molar-refractivity contribution is 9.10. The predicted octanol–water partition coefficient (Wildman–Crippen LogP) is 1.77. The topological polar surface area (TPSA) is 86.7 Å². The fourth-order valence-corrected chi connectivity index (χ4v) is 3.26. The highest BCUT2D eigenvalue weighted by atomic mass is 79.9. The summed E-state index contributed by atoms with van der Waals surface area (Å²) in [6.07, 6.45) is 0. The lowest BCUT2D eigenvalue weighted by Gasteiger charge is -2.18. The van der Waals surface area contributed by atoms with Crippen molar-refractivity contribution in [2.24, 2.45) is 0 Å². The first-order valence-electron chi connectivity index (χ1n) is 6.56. The van der Waals surface area contributed by atoms with Gasteiger partial charge in [0.1, 0.15) is 0 Å². The molecule has 0 aliphatic heterocycles. The van der Waals surface area contributed by atoms with Crippen molar-refractivity contribution in [3.63, 3.8) is 0 Å². The van der Waals surface area contributed by atoms with Gasteiger partial charge in [0.15, 0.2) is 0 Å². The van der Waals surface area contributed by atoms with E-state index in [0.29, 0.717) is 11.0 Å². The molecule has 118 valence electrons. The van der Waals surface area contributed by atoms with Gasteiger partial charge in [-0.2, -0.15) is 0 Å². The summed E-state index contributed by atoms with van der Waals surface area (Å²) >= 11 is 3.09. The average molecular weight is 379 g/mol. The first-order valence-corrected chi connectivity index (χ1v) is 8.84. The molecular weight excluding hydrogens is 360 g/mol. The van der Waals surface area contributed by atoms with E-state index >= 15 is 0 Å². The van der Waals surface area contributed by atoms with Gasteiger partial charge in [-0.15, -0.1) is 0 Å². The van der Waals surface area contributed by atoms with Crippen molar-refractivity contribution >= 4 is 31.9 Å². The number of benzene rings is 1. The Morgan fingerprint density at radius 2 is 1.95 bits per heavy atom. The summed E-state index contributed by atoms with van der Waals surface area (Å²) in [7, 11) is -3.71. The number of carboxylic acid groups (broad SMARTS) is 1. The van der Waals surface area contributed by atoms with Crippen molar-refractivity contribution in [3.05, 3.63) is 28.2 Å². The van der Waals surface area contributed by atoms with Gasteiger partial charge in [-0.3, -0.25) is 0 Å². The summed E-state index contributed by atoms with van der Waals surface area (Å²) in [5, 5.41) is 9.02. The molecule has 0 atom stereocenters. The van der Waals surface area contributed by atoms with Crippen LogP contribution in [-0.4, -0.2) is 50.6 Å². The number of halogens is 1. The highest BCUT2D eigenvalue weighted by Crippen LogP contribution is 2.20. The molecule has 0 radical (unpaired) electrons. The van der Waals surface area contributed by atoms with Crippen LogP contribution in [0.1, 0.15) is 24.2 Å². The standard InChI is InChI=1S/C13H19BrN2O4S/c1-3-16(4-2)8-7-15-21(19,20)10-5-6-12(14)11(9-10)13(17)18/h5-6,9,15H,3-4,7-8H2,1-2H3,(H,17,18). The maximum Gasteiger partial charge on any atom is 0.336 e. The second-order valence-corrected chi connectivity index (χ2v) is 6.99. The Hall–Kier alpha value is -0.960. The molecule has 6 nitrogen and oxygen atoms in total. The zero-order valence-corrected chi connectivity index (χ0v) is 14.4. The molecule has 0 heterocycles. The van der Waals surface area contributed by atoms with Crippen molar-refractivity contribution in [3.8, 4) is 0 Å². The highest BCUT2D eigenvalue weighted by Gasteiger charge is 2.18. The summed E-state index contributed by atoms with van der Waals surface area (Å²) in [6.45, 7) is 6.59. The molecular formula is C13H19BrN2O4S. The fraction of sp³-hybridized carbons (Fsp3) is 0.462. The molecule has 1 aromatic carbocycles. The largest absolute Gasteiger partial charge is 0.478 e. The average Bonchev–Trinajstić information content (AvgIpc) is 2.43. The molecule has 0 saturated carbocycles. The van der Waals surface area contributed by atoms with Crippen LogP contribution < -0.4 is 4.72 Å². The van der Waals surface area contributed by atoms with E-state index in [9.17, 15) is 13.2 Å². The van der Waals surface area contributed by atoms with E-state index in [-0.39, 0.29) is 17.0 Å². The minimum Gasteiger partial charge on any atom is -0.478 e. The molecule has 1 aromatic rings. The van der Waals surface area contributed by atoms with Crippen LogP contribution in [0.15, 0.2) is 27.6 Å². The monoisotopic (exact) mass is 378 g/mol. The molecule has 0 unspecified atom stereocenters. The first-order chi connectivity index (χ1) is 9.81. The quantitative estimate of drug-likeness (QED) is 0.719. The lowest BCUT2D eigenvalue weighted by atomic mass is 10.2. The number of rotatable bonds is 8. The molecule has 0 aliphatic rings. The van der Waals surface area contributed by atoms with Crippen molar-refractivity contribution in [1.29, 1.82) is 0 Å². The summed E-state index contributed by atoms with van der Waals surface area (Å²) < 4.78 is 27.1. The maximum atomic E-state index is 12.1. The van der Waals surface area contributed by atoms with Gasteiger partial charge in [0.2, 0.25) is 10.0 Å². The number of hydrogen-bond acceptors (Lipinski definition) is 4. The van der Waals surface area contributed by atoms with E-state index in [2.05, 4.69) is 25.6 Å². The molecule has 0 bridgehead atoms. The zero-order chi connectivity index (χ0) is 16.0. The van der Waals surface area contributed by atoms with Crippen LogP contribution in [0.25, 0.3) is 0 Å². The minimum absolute atomic E-state index is 0.0531. The van der Waals surface area contributed by atoms with E-state index in [1.54, 1.807) is 0 Å². The molecule has 2 N–H and O–H groups in total. The van der Waals surface area contributed by atoms with Crippen molar-refractivity contribution in [2.75, 3.05) is 26.2 Å². The second kappa shape index (κ2) is 7.88.